The molecule has 0 spiro atoms. The Morgan fingerprint density at radius 3 is 2.00 bits per heavy atom. The van der Waals surface area contributed by atoms with E-state index in [1.54, 1.807) is 0 Å². The fourth-order valence-electron chi connectivity index (χ4n) is 7.21. The third-order valence-corrected chi connectivity index (χ3v) is 9.47. The van der Waals surface area contributed by atoms with E-state index >= 15 is 0 Å². The molecule has 0 radical (unpaired) electrons. The number of aromatic nitrogens is 2. The minimum absolute atomic E-state index is 0.846. The lowest BCUT2D eigenvalue weighted by Crippen LogP contribution is -1.98. The van der Waals surface area contributed by atoms with Gasteiger partial charge in [0.1, 0.15) is 0 Å². The fourth-order valence-corrected chi connectivity index (χ4v) is 7.21. The molecule has 0 aliphatic rings. The number of fused-ring (bicyclic) bond motifs is 7. The molecule has 46 heavy (non-hydrogen) atoms. The molecule has 0 N–H and O–H groups in total. The second kappa shape index (κ2) is 10.6. The Morgan fingerprint density at radius 2 is 1.15 bits per heavy atom. The summed E-state index contributed by atoms with van der Waals surface area (Å²) in [6.45, 7) is 2.22. The van der Waals surface area contributed by atoms with Crippen LogP contribution in [0, 0.1) is 6.92 Å². The SMILES string of the molecule is Cc1ccccc1-c1c(Cc2ccc3cc(-c4ccc5ccc6cccnc6c5n4)ccc3c2)c2ccccc2c2ccccc12. The summed E-state index contributed by atoms with van der Waals surface area (Å²) in [5.41, 5.74) is 10.6. The zero-order valence-electron chi connectivity index (χ0n) is 25.5. The third-order valence-electron chi connectivity index (χ3n) is 9.47. The summed E-state index contributed by atoms with van der Waals surface area (Å²) in [5, 5.41) is 9.89. The predicted molar refractivity (Wildman–Crippen MR) is 194 cm³/mol. The Morgan fingerprint density at radius 1 is 0.500 bits per heavy atom. The Labute approximate surface area is 267 Å². The van der Waals surface area contributed by atoms with Crippen LogP contribution in [0.25, 0.3) is 76.5 Å². The van der Waals surface area contributed by atoms with Gasteiger partial charge in [-0.25, -0.2) is 4.98 Å². The van der Waals surface area contributed by atoms with Crippen molar-refractivity contribution in [2.45, 2.75) is 13.3 Å². The van der Waals surface area contributed by atoms with Crippen molar-refractivity contribution in [3.05, 3.63) is 168 Å². The van der Waals surface area contributed by atoms with E-state index in [0.29, 0.717) is 0 Å². The first-order valence-corrected chi connectivity index (χ1v) is 15.9. The molecular formula is C44H30N2. The molecule has 2 aromatic heterocycles. The van der Waals surface area contributed by atoms with E-state index in [9.17, 15) is 0 Å². The minimum atomic E-state index is 0.846. The van der Waals surface area contributed by atoms with Crippen molar-refractivity contribution >= 4 is 54.1 Å². The molecule has 0 saturated carbocycles. The minimum Gasteiger partial charge on any atom is -0.254 e. The number of benzene rings is 7. The summed E-state index contributed by atoms with van der Waals surface area (Å²) in [6.07, 6.45) is 2.69. The van der Waals surface area contributed by atoms with Crippen molar-refractivity contribution in [1.82, 2.24) is 9.97 Å². The van der Waals surface area contributed by atoms with Crippen LogP contribution in [0.4, 0.5) is 0 Å². The van der Waals surface area contributed by atoms with Gasteiger partial charge in [0.2, 0.25) is 0 Å². The molecule has 0 saturated heterocycles. The van der Waals surface area contributed by atoms with Gasteiger partial charge in [-0.2, -0.15) is 0 Å². The van der Waals surface area contributed by atoms with Gasteiger partial charge >= 0.3 is 0 Å². The highest BCUT2D eigenvalue weighted by atomic mass is 14.7. The van der Waals surface area contributed by atoms with E-state index in [2.05, 4.69) is 151 Å². The van der Waals surface area contributed by atoms with Crippen molar-refractivity contribution in [1.29, 1.82) is 0 Å². The monoisotopic (exact) mass is 586 g/mol. The van der Waals surface area contributed by atoms with Crippen LogP contribution in [0.3, 0.4) is 0 Å². The first-order valence-electron chi connectivity index (χ1n) is 15.9. The smallest absolute Gasteiger partial charge is 0.0972 e. The zero-order valence-corrected chi connectivity index (χ0v) is 25.5. The Bertz CT molecular complexity index is 2630. The highest BCUT2D eigenvalue weighted by Crippen LogP contribution is 2.41. The van der Waals surface area contributed by atoms with Gasteiger partial charge in [0.15, 0.2) is 0 Å². The molecule has 0 fully saturated rings. The summed E-state index contributed by atoms with van der Waals surface area (Å²) in [6, 6.07) is 52.7. The van der Waals surface area contributed by atoms with Gasteiger partial charge in [-0.1, -0.05) is 127 Å². The average Bonchev–Trinajstić information content (AvgIpc) is 3.12. The molecule has 9 rings (SSSR count). The van der Waals surface area contributed by atoms with Crippen molar-refractivity contribution in [2.75, 3.05) is 0 Å². The maximum absolute atomic E-state index is 5.09. The molecule has 0 bridgehead atoms. The molecule has 7 aromatic carbocycles. The van der Waals surface area contributed by atoms with Crippen LogP contribution < -0.4 is 0 Å². The van der Waals surface area contributed by atoms with Crippen molar-refractivity contribution in [3.63, 3.8) is 0 Å². The van der Waals surface area contributed by atoms with E-state index in [4.69, 9.17) is 4.98 Å². The largest absolute Gasteiger partial charge is 0.254 e. The van der Waals surface area contributed by atoms with E-state index < -0.39 is 0 Å². The average molecular weight is 587 g/mol. The van der Waals surface area contributed by atoms with E-state index in [1.165, 1.54) is 60.1 Å². The molecule has 2 heterocycles. The number of rotatable bonds is 4. The fraction of sp³-hybridized carbons (Fsp3) is 0.0455. The maximum Gasteiger partial charge on any atom is 0.0972 e. The number of nitrogens with zero attached hydrogens (tertiary/aromatic N) is 2. The number of hydrogen-bond donors (Lipinski definition) is 0. The van der Waals surface area contributed by atoms with Gasteiger partial charge in [-0.05, 0) is 91.7 Å². The van der Waals surface area contributed by atoms with Crippen LogP contribution in [-0.4, -0.2) is 9.97 Å². The molecule has 0 amide bonds. The predicted octanol–water partition coefficient (Wildman–Crippen LogP) is 11.5. The maximum atomic E-state index is 5.09. The summed E-state index contributed by atoms with van der Waals surface area (Å²) in [5.74, 6) is 0. The van der Waals surface area contributed by atoms with E-state index in [1.807, 2.05) is 12.3 Å². The first kappa shape index (κ1) is 26.5. The molecule has 0 unspecified atom stereocenters. The molecule has 9 aromatic rings. The Balaban J connectivity index is 1.16. The van der Waals surface area contributed by atoms with Crippen LogP contribution in [-0.2, 0) is 6.42 Å². The Hall–Kier alpha value is -5.86. The lowest BCUT2D eigenvalue weighted by molar-refractivity contribution is 1.22. The van der Waals surface area contributed by atoms with Crippen LogP contribution in [0.1, 0.15) is 16.7 Å². The molecule has 216 valence electrons. The van der Waals surface area contributed by atoms with E-state index in [0.717, 1.165) is 39.5 Å². The van der Waals surface area contributed by atoms with Gasteiger partial charge in [0.25, 0.3) is 0 Å². The van der Waals surface area contributed by atoms with Gasteiger partial charge < -0.3 is 0 Å². The Kier molecular flexibility index (Phi) is 6.14. The molecule has 0 aliphatic heterocycles. The quantitative estimate of drug-likeness (QED) is 0.192. The summed E-state index contributed by atoms with van der Waals surface area (Å²) in [4.78, 5) is 9.73. The zero-order chi connectivity index (χ0) is 30.6. The van der Waals surface area contributed by atoms with Crippen LogP contribution in [0.15, 0.2) is 152 Å². The number of aryl methyl sites for hydroxylation is 1. The molecule has 2 heteroatoms. The molecule has 2 nitrogen and oxygen atoms in total. The third kappa shape index (κ3) is 4.34. The molecular weight excluding hydrogens is 556 g/mol. The van der Waals surface area contributed by atoms with Crippen molar-refractivity contribution in [3.8, 4) is 22.4 Å². The molecule has 0 aliphatic carbocycles. The van der Waals surface area contributed by atoms with Crippen LogP contribution >= 0.6 is 0 Å². The van der Waals surface area contributed by atoms with Crippen LogP contribution in [0.5, 0.6) is 0 Å². The highest BCUT2D eigenvalue weighted by Gasteiger charge is 2.17. The number of pyridine rings is 2. The first-order chi connectivity index (χ1) is 22.7. The van der Waals surface area contributed by atoms with Gasteiger partial charge in [-0.3, -0.25) is 4.98 Å². The molecule has 0 atom stereocenters. The van der Waals surface area contributed by atoms with Crippen molar-refractivity contribution < 1.29 is 0 Å². The second-order valence-electron chi connectivity index (χ2n) is 12.2. The topological polar surface area (TPSA) is 25.8 Å². The number of hydrogen-bond acceptors (Lipinski definition) is 2. The van der Waals surface area contributed by atoms with Crippen LogP contribution in [0.2, 0.25) is 0 Å². The summed E-state index contributed by atoms with van der Waals surface area (Å²) < 4.78 is 0. The highest BCUT2D eigenvalue weighted by molar-refractivity contribution is 6.16. The normalized spacial score (nSPS) is 11.7. The lowest BCUT2D eigenvalue weighted by Gasteiger charge is -2.20. The second-order valence-corrected chi connectivity index (χ2v) is 12.2. The summed E-state index contributed by atoms with van der Waals surface area (Å²) >= 11 is 0. The van der Waals surface area contributed by atoms with Gasteiger partial charge in [0, 0.05) is 22.5 Å². The standard InChI is InChI=1S/C44H30N2/c1-28-9-2-3-11-35(28)42-39-15-7-6-13-37(39)36-12-4-5-14-38(36)40(42)26-29-16-17-33-27-34(21-20-32(33)25-29)41-23-22-31-19-18-30-10-8-24-45-43(30)44(31)46-41/h2-25,27H,26H2,1H3. The summed E-state index contributed by atoms with van der Waals surface area (Å²) in [7, 11) is 0. The van der Waals surface area contributed by atoms with E-state index in [-0.39, 0.29) is 0 Å². The van der Waals surface area contributed by atoms with Gasteiger partial charge in [-0.15, -0.1) is 0 Å². The lowest BCUT2D eigenvalue weighted by atomic mass is 9.84. The van der Waals surface area contributed by atoms with Gasteiger partial charge in [0.05, 0.1) is 16.7 Å². The van der Waals surface area contributed by atoms with Crippen molar-refractivity contribution in [2.24, 2.45) is 0 Å².